The van der Waals surface area contributed by atoms with E-state index in [1.807, 2.05) is 30.3 Å². The molecule has 0 unspecified atom stereocenters. The van der Waals surface area contributed by atoms with Crippen molar-refractivity contribution in [3.05, 3.63) is 115 Å². The number of thiophene rings is 1. The number of hydrogen-bond donors (Lipinski definition) is 6. The number of nitrogens with two attached hydrogens (primary N) is 3. The zero-order valence-electron chi connectivity index (χ0n) is 41.8. The van der Waals surface area contributed by atoms with Gasteiger partial charge in [0, 0.05) is 56.8 Å². The molecule has 5 aromatic rings. The molecule has 0 aliphatic heterocycles. The number of carbonyl (C=O) groups excluding carboxylic acids is 8. The van der Waals surface area contributed by atoms with Crippen molar-refractivity contribution in [2.45, 2.75) is 32.2 Å². The maximum atomic E-state index is 14.6. The van der Waals surface area contributed by atoms with E-state index in [0.29, 0.717) is 61.3 Å². The minimum atomic E-state index is -1.16. The number of nitrogens with zero attached hydrogens (tertiary/aromatic N) is 7. The topological polar surface area (TPSA) is 324 Å². The molecule has 0 saturated carbocycles. The van der Waals surface area contributed by atoms with Crippen LogP contribution < -0.4 is 39.1 Å². The quantitative estimate of drug-likeness (QED) is 0.0325. The molecular weight excluding hydrogens is 1170 g/mol. The summed E-state index contributed by atoms with van der Waals surface area (Å²) in [5, 5.41) is 8.21. The summed E-state index contributed by atoms with van der Waals surface area (Å²) >= 11 is 14.1. The van der Waals surface area contributed by atoms with Gasteiger partial charge in [0.25, 0.3) is 23.6 Å². The Hall–Kier alpha value is -7.01. The smallest absolute Gasteiger partial charge is 0.387 e. The number of halogens is 3. The number of carbonyl (C=O) groups is 8. The Morgan fingerprint density at radius 3 is 1.78 bits per heavy atom. The molecule has 0 aliphatic rings. The van der Waals surface area contributed by atoms with Crippen LogP contribution in [0.1, 0.15) is 36.0 Å². The second-order valence-corrected chi connectivity index (χ2v) is 20.2. The standard InChI is InChI=1S/C49H58Br2ClN13O11S/c1-75-25-24-62(28-42(68)61(23-5-3-21-54)27-41(67)60(26-40(55)66)22-4-2-20-53)43(69)29-64(59-48(73)56-37-16-12-35(51)13-17-37)44(70)30-63(57-46(72)33-8-14-36(52)15-9-33)45(71)31-65-49(74)76-47(58-65)39-19-18-38(77-39)32-6-10-34(50)11-7-32/h6-19H,2-5,20-31,53-54H2,1H3,(H2,55,66)(H,57,72)(H2,56,59,73). The fraction of sp³-hybridized carbons (Fsp3) is 0.347. The molecule has 9 amide bonds. The SMILES string of the molecule is COCCN(CC(=O)N(CCCCN)CC(=O)N(CCCCN)CC(N)=O)C(=O)CN(NC(=O)Nc1ccc(Br)cc1)C(=O)CN(NC(=O)c1ccc(Cl)cc1)C(=O)Cn1nc(-c2ccc(-c3ccc(Br)cc3)s2)oc1=O. The lowest BCUT2D eigenvalue weighted by atomic mass is 10.2. The molecule has 5 rings (SSSR count). The number of hydrazine groups is 2. The first-order valence-corrected chi connectivity index (χ1v) is 26.6. The number of urea groups is 1. The number of aromatic nitrogens is 2. The van der Waals surface area contributed by atoms with Gasteiger partial charge in [-0.05, 0) is 117 Å². The van der Waals surface area contributed by atoms with Crippen LogP contribution >= 0.6 is 54.8 Å². The highest BCUT2D eigenvalue weighted by Gasteiger charge is 2.31. The number of rotatable bonds is 27. The van der Waals surface area contributed by atoms with Gasteiger partial charge in [0.2, 0.25) is 23.6 Å². The first-order chi connectivity index (χ1) is 36.9. The van der Waals surface area contributed by atoms with Crippen LogP contribution in [0.2, 0.25) is 5.02 Å². The number of benzene rings is 3. The number of anilines is 1. The highest BCUT2D eigenvalue weighted by atomic mass is 79.9. The fourth-order valence-corrected chi connectivity index (χ4v) is 8.65. The number of hydrogen-bond acceptors (Lipinski definition) is 15. The van der Waals surface area contributed by atoms with Gasteiger partial charge in [-0.3, -0.25) is 39.0 Å². The van der Waals surface area contributed by atoms with Crippen LogP contribution in [-0.2, 0) is 40.0 Å². The van der Waals surface area contributed by atoms with Crippen LogP contribution in [0.25, 0.3) is 21.2 Å². The summed E-state index contributed by atoms with van der Waals surface area (Å²) in [5.74, 6) is -7.24. The summed E-state index contributed by atoms with van der Waals surface area (Å²) in [4.78, 5) is 128. The molecule has 77 heavy (non-hydrogen) atoms. The van der Waals surface area contributed by atoms with Gasteiger partial charge in [-0.1, -0.05) is 55.6 Å². The highest BCUT2D eigenvalue weighted by Crippen LogP contribution is 2.34. The zero-order valence-corrected chi connectivity index (χ0v) is 46.5. The Morgan fingerprint density at radius 2 is 1.19 bits per heavy atom. The Morgan fingerprint density at radius 1 is 0.662 bits per heavy atom. The molecule has 0 spiro atoms. The molecule has 24 nitrogen and oxygen atoms in total. The fourth-order valence-electron chi connectivity index (χ4n) is 7.07. The van der Waals surface area contributed by atoms with E-state index in [1.54, 1.807) is 30.3 Å². The Kier molecular flexibility index (Phi) is 24.2. The predicted molar refractivity (Wildman–Crippen MR) is 293 cm³/mol. The van der Waals surface area contributed by atoms with E-state index in [1.165, 1.54) is 52.5 Å². The average Bonchev–Trinajstić information content (AvgIpc) is 4.04. The van der Waals surface area contributed by atoms with Crippen LogP contribution in [0.5, 0.6) is 0 Å². The van der Waals surface area contributed by atoms with Gasteiger partial charge in [-0.25, -0.2) is 25.0 Å². The third-order valence-electron chi connectivity index (χ3n) is 11.1. The number of methoxy groups -OCH3 is 1. The van der Waals surface area contributed by atoms with Crippen molar-refractivity contribution in [3.63, 3.8) is 0 Å². The molecule has 0 fully saturated rings. The average molecular weight is 1230 g/mol. The minimum Gasteiger partial charge on any atom is -0.387 e. The van der Waals surface area contributed by atoms with Gasteiger partial charge in [-0.15, -0.1) is 16.4 Å². The predicted octanol–water partition coefficient (Wildman–Crippen LogP) is 3.24. The first-order valence-electron chi connectivity index (χ1n) is 23.8. The molecule has 9 N–H and O–H groups in total. The molecular formula is C49H58Br2ClN13O11S. The van der Waals surface area contributed by atoms with E-state index in [4.69, 9.17) is 38.0 Å². The number of ether oxygens (including phenoxy) is 1. The second-order valence-electron chi connectivity index (χ2n) is 16.9. The number of primary amides is 1. The van der Waals surface area contributed by atoms with Crippen molar-refractivity contribution in [1.82, 2.24) is 45.3 Å². The van der Waals surface area contributed by atoms with Crippen molar-refractivity contribution in [2.75, 3.05) is 84.5 Å². The Labute approximate surface area is 468 Å². The molecule has 0 bridgehead atoms. The monoisotopic (exact) mass is 1230 g/mol. The van der Waals surface area contributed by atoms with E-state index in [0.717, 1.165) is 19.8 Å². The summed E-state index contributed by atoms with van der Waals surface area (Å²) in [6, 6.07) is 21.9. The lowest BCUT2D eigenvalue weighted by Gasteiger charge is -2.31. The maximum absolute atomic E-state index is 14.6. The van der Waals surface area contributed by atoms with E-state index >= 15 is 0 Å². The van der Waals surface area contributed by atoms with Gasteiger partial charge in [0.05, 0.1) is 31.1 Å². The number of nitrogens with one attached hydrogen (secondary N) is 3. The summed E-state index contributed by atoms with van der Waals surface area (Å²) in [7, 11) is 1.35. The second kappa shape index (κ2) is 30.7. The molecule has 0 aliphatic carbocycles. The van der Waals surface area contributed by atoms with E-state index in [2.05, 4.69) is 53.1 Å². The lowest BCUT2D eigenvalue weighted by Crippen LogP contribution is -2.58. The highest BCUT2D eigenvalue weighted by molar-refractivity contribution is 9.10. The first kappa shape index (κ1) is 60.9. The normalized spacial score (nSPS) is 10.8. The lowest BCUT2D eigenvalue weighted by molar-refractivity contribution is -0.149. The summed E-state index contributed by atoms with van der Waals surface area (Å²) < 4.78 is 12.9. The maximum Gasteiger partial charge on any atom is 0.437 e. The van der Waals surface area contributed by atoms with Crippen LogP contribution in [0.3, 0.4) is 0 Å². The van der Waals surface area contributed by atoms with E-state index in [-0.39, 0.29) is 49.9 Å². The molecule has 3 aromatic carbocycles. The summed E-state index contributed by atoms with van der Waals surface area (Å²) in [6.45, 7) is -3.96. The van der Waals surface area contributed by atoms with Crippen molar-refractivity contribution in [3.8, 4) is 21.2 Å². The van der Waals surface area contributed by atoms with Gasteiger partial charge < -0.3 is 46.4 Å². The number of amides is 9. The zero-order chi connectivity index (χ0) is 56.0. The third kappa shape index (κ3) is 19.5. The van der Waals surface area contributed by atoms with Crippen LogP contribution in [0, 0.1) is 0 Å². The van der Waals surface area contributed by atoms with E-state index in [9.17, 15) is 43.2 Å². The van der Waals surface area contributed by atoms with Crippen LogP contribution in [-0.4, -0.2) is 161 Å². The largest absolute Gasteiger partial charge is 0.437 e. The van der Waals surface area contributed by atoms with Crippen molar-refractivity contribution < 1.29 is 47.5 Å². The van der Waals surface area contributed by atoms with Crippen molar-refractivity contribution >= 4 is 108 Å². The van der Waals surface area contributed by atoms with Crippen LogP contribution in [0.4, 0.5) is 10.5 Å². The van der Waals surface area contributed by atoms with Gasteiger partial charge in [0.15, 0.2) is 0 Å². The molecule has 2 aromatic heterocycles. The molecule has 28 heteroatoms. The molecule has 0 saturated heterocycles. The summed E-state index contributed by atoms with van der Waals surface area (Å²) in [5.41, 5.74) is 22.7. The molecule has 412 valence electrons. The molecule has 0 radical (unpaired) electrons. The Bertz CT molecular complexity index is 2890. The van der Waals surface area contributed by atoms with Gasteiger partial charge >= 0.3 is 11.8 Å². The van der Waals surface area contributed by atoms with Gasteiger partial charge in [0.1, 0.15) is 19.6 Å². The molecule has 0 atom stereocenters. The van der Waals surface area contributed by atoms with Crippen LogP contribution in [0.15, 0.2) is 103 Å². The van der Waals surface area contributed by atoms with E-state index < -0.39 is 92.4 Å². The third-order valence-corrected chi connectivity index (χ3v) is 13.5. The minimum absolute atomic E-state index is 0.00300. The van der Waals surface area contributed by atoms with Crippen molar-refractivity contribution in [1.29, 1.82) is 0 Å². The Balaban J connectivity index is 1.43. The van der Waals surface area contributed by atoms with Gasteiger partial charge in [-0.2, -0.15) is 4.68 Å². The van der Waals surface area contributed by atoms with Crippen molar-refractivity contribution in [2.24, 2.45) is 17.2 Å². The molecule has 2 heterocycles. The summed E-state index contributed by atoms with van der Waals surface area (Å²) in [6.07, 6.45) is 1.89. The number of unbranched alkanes of at least 4 members (excludes halogenated alkanes) is 2.